The van der Waals surface area contributed by atoms with Crippen molar-refractivity contribution >= 4 is 78.5 Å². The summed E-state index contributed by atoms with van der Waals surface area (Å²) in [5.41, 5.74) is 16.4. The van der Waals surface area contributed by atoms with Crippen LogP contribution in [0.2, 0.25) is 0 Å². The zero-order valence-electron chi connectivity index (χ0n) is 28.8. The van der Waals surface area contributed by atoms with Crippen molar-refractivity contribution in [3.8, 4) is 0 Å². The van der Waals surface area contributed by atoms with Crippen molar-refractivity contribution in [2.24, 2.45) is 23.1 Å². The molecule has 0 aliphatic carbocycles. The van der Waals surface area contributed by atoms with Crippen LogP contribution in [0.5, 0.6) is 0 Å². The van der Waals surface area contributed by atoms with E-state index < -0.39 is 121 Å². The first-order chi connectivity index (χ1) is 24.4. The minimum Gasteiger partial charge on any atom is -0.481 e. The van der Waals surface area contributed by atoms with Gasteiger partial charge in [0.2, 0.25) is 41.4 Å². The number of unbranched alkanes of at least 4 members (excludes halogenated alkanes) is 1. The van der Waals surface area contributed by atoms with Gasteiger partial charge < -0.3 is 64.4 Å². The van der Waals surface area contributed by atoms with Crippen molar-refractivity contribution in [1.29, 1.82) is 0 Å². The third-order valence-corrected chi connectivity index (χ3v) is 8.35. The maximum Gasteiger partial charge on any atom is 0.305 e. The summed E-state index contributed by atoms with van der Waals surface area (Å²) in [5.74, 6) is -11.1. The molecule has 15 N–H and O–H groups in total. The average molecular weight is 782 g/mol. The van der Waals surface area contributed by atoms with Gasteiger partial charge in [0.1, 0.15) is 36.3 Å². The van der Waals surface area contributed by atoms with Crippen LogP contribution in [0.3, 0.4) is 0 Å². The summed E-state index contributed by atoms with van der Waals surface area (Å²) >= 11 is 7.85. The summed E-state index contributed by atoms with van der Waals surface area (Å²) in [5, 5.41) is 42.1. The molecule has 8 atom stereocenters. The smallest absolute Gasteiger partial charge is 0.305 e. The molecule has 0 fully saturated rings. The number of rotatable bonds is 26. The maximum atomic E-state index is 13.4. The molecule has 0 saturated carbocycles. The first kappa shape index (κ1) is 47.8. The van der Waals surface area contributed by atoms with Crippen molar-refractivity contribution in [3.63, 3.8) is 0 Å². The molecule has 0 bridgehead atoms. The van der Waals surface area contributed by atoms with Crippen LogP contribution in [0, 0.1) is 5.92 Å². The Kier molecular flexibility index (Phi) is 22.9. The van der Waals surface area contributed by atoms with Gasteiger partial charge in [0.15, 0.2) is 0 Å². The number of aliphatic hydroxyl groups is 1. The Hall–Kier alpha value is -4.19. The van der Waals surface area contributed by atoms with Gasteiger partial charge in [-0.1, -0.05) is 20.3 Å². The second kappa shape index (κ2) is 24.9. The Bertz CT molecular complexity index is 1280. The molecule has 23 heteroatoms. The van der Waals surface area contributed by atoms with E-state index in [0.29, 0.717) is 12.8 Å². The van der Waals surface area contributed by atoms with Crippen LogP contribution in [0.25, 0.3) is 0 Å². The average Bonchev–Trinajstić information content (AvgIpc) is 3.08. The molecule has 7 amide bonds. The highest BCUT2D eigenvalue weighted by Crippen LogP contribution is 2.10. The van der Waals surface area contributed by atoms with Crippen molar-refractivity contribution in [2.75, 3.05) is 24.7 Å². The maximum absolute atomic E-state index is 13.4. The molecule has 0 aliphatic heterocycles. The lowest BCUT2D eigenvalue weighted by molar-refractivity contribution is -0.143. The first-order valence-electron chi connectivity index (χ1n) is 16.2. The number of primary amides is 1. The fourth-order valence-electron chi connectivity index (χ4n) is 4.33. The van der Waals surface area contributed by atoms with Gasteiger partial charge in [-0.25, -0.2) is 0 Å². The van der Waals surface area contributed by atoms with Gasteiger partial charge in [0.05, 0.1) is 25.5 Å². The molecule has 296 valence electrons. The third kappa shape index (κ3) is 17.4. The molecular weight excluding hydrogens is 731 g/mol. The van der Waals surface area contributed by atoms with E-state index in [1.54, 1.807) is 13.8 Å². The number of carboxylic acid groups (broad SMARTS) is 2. The molecule has 0 aromatic rings. The number of carbonyl (C=O) groups is 9. The normalized spacial score (nSPS) is 15.5. The molecule has 0 aliphatic rings. The lowest BCUT2D eigenvalue weighted by Gasteiger charge is -2.28. The number of nitrogens with one attached hydrogen (secondary N) is 6. The van der Waals surface area contributed by atoms with Crippen molar-refractivity contribution < 1.29 is 58.5 Å². The van der Waals surface area contributed by atoms with E-state index in [9.17, 15) is 58.5 Å². The van der Waals surface area contributed by atoms with Gasteiger partial charge in [0.25, 0.3) is 0 Å². The Morgan fingerprint density at radius 1 is 0.635 bits per heavy atom. The van der Waals surface area contributed by atoms with Crippen LogP contribution in [-0.2, 0) is 43.2 Å². The summed E-state index contributed by atoms with van der Waals surface area (Å²) in [7, 11) is 0. The number of carboxylic acids is 2. The van der Waals surface area contributed by atoms with Crippen LogP contribution in [0.4, 0.5) is 0 Å². The third-order valence-electron chi connectivity index (χ3n) is 7.59. The number of hydrogen-bond donors (Lipinski definition) is 14. The molecule has 0 rings (SSSR count). The number of carbonyl (C=O) groups excluding carboxylic acids is 7. The van der Waals surface area contributed by atoms with Crippen molar-refractivity contribution in [2.45, 2.75) is 94.7 Å². The van der Waals surface area contributed by atoms with E-state index in [1.807, 2.05) is 0 Å². The minimum atomic E-state index is -1.93. The van der Waals surface area contributed by atoms with Crippen LogP contribution >= 0.6 is 25.3 Å². The first-order valence-corrected chi connectivity index (χ1v) is 17.5. The second-order valence-electron chi connectivity index (χ2n) is 11.7. The predicted octanol–water partition coefficient (Wildman–Crippen LogP) is -5.32. The molecule has 0 aromatic heterocycles. The van der Waals surface area contributed by atoms with Gasteiger partial charge in [0, 0.05) is 11.5 Å². The van der Waals surface area contributed by atoms with Gasteiger partial charge in [-0.3, -0.25) is 43.2 Å². The van der Waals surface area contributed by atoms with E-state index in [0.717, 1.165) is 0 Å². The second-order valence-corrected chi connectivity index (χ2v) is 12.4. The Morgan fingerprint density at radius 3 is 1.50 bits per heavy atom. The quantitative estimate of drug-likeness (QED) is 0.0288. The van der Waals surface area contributed by atoms with Gasteiger partial charge in [-0.2, -0.15) is 25.3 Å². The van der Waals surface area contributed by atoms with Gasteiger partial charge in [-0.05, 0) is 31.7 Å². The Labute approximate surface area is 310 Å². The SMILES string of the molecule is CCC(C)C(NC(=O)C(N)CS)C(=O)NC(CC(=O)O)C(=O)NC(CC(=O)O)C(=O)NC(CCCCN)C(=O)NC(CO)C(=O)NC(CS)C(N)=O. The van der Waals surface area contributed by atoms with E-state index >= 15 is 0 Å². The van der Waals surface area contributed by atoms with Crippen LogP contribution in [0.15, 0.2) is 0 Å². The monoisotopic (exact) mass is 781 g/mol. The molecule has 0 aromatic carbocycles. The molecule has 0 radical (unpaired) electrons. The number of hydrogen-bond acceptors (Lipinski definition) is 14. The lowest BCUT2D eigenvalue weighted by atomic mass is 9.97. The zero-order valence-corrected chi connectivity index (χ0v) is 30.6. The van der Waals surface area contributed by atoms with Crippen LogP contribution in [0.1, 0.15) is 52.4 Å². The van der Waals surface area contributed by atoms with Gasteiger partial charge >= 0.3 is 11.9 Å². The fourth-order valence-corrected chi connectivity index (χ4v) is 4.76. The van der Waals surface area contributed by atoms with Gasteiger partial charge in [-0.15, -0.1) is 0 Å². The topological polar surface area (TPSA) is 365 Å². The van der Waals surface area contributed by atoms with Crippen LogP contribution in [-0.4, -0.2) is 136 Å². The standard InChI is InChI=1S/C29H51N9O12S2/c1-3-13(2)22(38-24(45)14(31)11-51)29(50)35-17(9-21(42)43)27(48)34-16(8-20(40)41)26(47)33-15(6-4-5-7-30)25(46)36-18(10-39)28(49)37-19(12-52)23(32)44/h13-19,22,39,51-52H,3-12,30-31H2,1-2H3,(H2,32,44)(H,33,47)(H,34,48)(H,35,50)(H,36,46)(H,37,49)(H,38,45)(H,40,41)(H,42,43). The summed E-state index contributed by atoms with van der Waals surface area (Å²) in [4.78, 5) is 113. The summed E-state index contributed by atoms with van der Waals surface area (Å²) in [6.07, 6.45) is -1.22. The molecule has 21 nitrogen and oxygen atoms in total. The van der Waals surface area contributed by atoms with E-state index in [2.05, 4.69) is 57.2 Å². The van der Waals surface area contributed by atoms with E-state index in [-0.39, 0.29) is 30.9 Å². The minimum absolute atomic E-state index is 0.0571. The van der Waals surface area contributed by atoms with Crippen molar-refractivity contribution in [3.05, 3.63) is 0 Å². The Morgan fingerprint density at radius 2 is 1.08 bits per heavy atom. The lowest BCUT2D eigenvalue weighted by Crippen LogP contribution is -2.61. The summed E-state index contributed by atoms with van der Waals surface area (Å²) < 4.78 is 0. The highest BCUT2D eigenvalue weighted by atomic mass is 32.1. The number of thiol groups is 2. The molecule has 0 saturated heterocycles. The fraction of sp³-hybridized carbons (Fsp3) is 0.690. The van der Waals surface area contributed by atoms with E-state index in [1.165, 1.54) is 0 Å². The molecule has 0 heterocycles. The number of aliphatic hydroxyl groups excluding tert-OH is 1. The van der Waals surface area contributed by atoms with Crippen LogP contribution < -0.4 is 49.1 Å². The number of nitrogens with two attached hydrogens (primary N) is 3. The summed E-state index contributed by atoms with van der Waals surface area (Å²) in [6.45, 7) is 2.56. The zero-order chi connectivity index (χ0) is 40.1. The highest BCUT2D eigenvalue weighted by molar-refractivity contribution is 7.80. The number of aliphatic carboxylic acids is 2. The molecular formula is C29H51N9O12S2. The summed E-state index contributed by atoms with van der Waals surface area (Å²) in [6, 6.07) is -10.5. The predicted molar refractivity (Wildman–Crippen MR) is 190 cm³/mol. The molecule has 8 unspecified atom stereocenters. The van der Waals surface area contributed by atoms with Crippen molar-refractivity contribution in [1.82, 2.24) is 31.9 Å². The molecule has 52 heavy (non-hydrogen) atoms. The largest absolute Gasteiger partial charge is 0.481 e. The Balaban J connectivity index is 6.24. The number of amides is 7. The highest BCUT2D eigenvalue weighted by Gasteiger charge is 2.35. The molecule has 0 spiro atoms. The van der Waals surface area contributed by atoms with E-state index in [4.69, 9.17) is 17.2 Å².